The summed E-state index contributed by atoms with van der Waals surface area (Å²) in [5, 5.41) is 1.15. The van der Waals surface area contributed by atoms with Crippen LogP contribution in [0.15, 0.2) is 30.6 Å². The number of carbonyl (C=O) groups is 1. The third-order valence-electron chi connectivity index (χ3n) is 6.35. The van der Waals surface area contributed by atoms with Gasteiger partial charge in [-0.1, -0.05) is 6.07 Å². The van der Waals surface area contributed by atoms with Gasteiger partial charge in [-0.2, -0.15) is 0 Å². The van der Waals surface area contributed by atoms with Crippen LogP contribution in [0.3, 0.4) is 0 Å². The first-order chi connectivity index (χ1) is 15.0. The van der Waals surface area contributed by atoms with Crippen LogP contribution in [0.4, 0.5) is 5.00 Å². The summed E-state index contributed by atoms with van der Waals surface area (Å²) in [6, 6.07) is 6.65. The number of likely N-dealkylation sites (tertiary alicyclic amines) is 1. The van der Waals surface area contributed by atoms with E-state index in [1.165, 1.54) is 19.4 Å². The molecule has 0 saturated carbocycles. The molecule has 6 nitrogen and oxygen atoms in total. The Hall–Kier alpha value is -1.96. The predicted molar refractivity (Wildman–Crippen MR) is 127 cm³/mol. The van der Waals surface area contributed by atoms with Crippen LogP contribution in [-0.2, 0) is 4.74 Å². The molecule has 2 aliphatic rings. The highest BCUT2D eigenvalue weighted by Crippen LogP contribution is 2.39. The first kappa shape index (κ1) is 22.2. The van der Waals surface area contributed by atoms with Crippen LogP contribution in [0, 0.1) is 5.92 Å². The van der Waals surface area contributed by atoms with E-state index in [2.05, 4.69) is 40.8 Å². The van der Waals surface area contributed by atoms with E-state index in [1.807, 2.05) is 24.2 Å². The van der Waals surface area contributed by atoms with E-state index < -0.39 is 0 Å². The third-order valence-corrected chi connectivity index (χ3v) is 7.54. The Morgan fingerprint density at radius 1 is 1.32 bits per heavy atom. The van der Waals surface area contributed by atoms with Crippen molar-refractivity contribution in [2.75, 3.05) is 57.9 Å². The Balaban J connectivity index is 1.52. The number of hydrogen-bond acceptors (Lipinski definition) is 6. The molecule has 2 fully saturated rings. The number of rotatable bonds is 6. The summed E-state index contributed by atoms with van der Waals surface area (Å²) >= 11 is 1.61. The zero-order valence-electron chi connectivity index (χ0n) is 18.9. The maximum absolute atomic E-state index is 13.4. The first-order valence-electron chi connectivity index (χ1n) is 11.4. The Morgan fingerprint density at radius 2 is 2.13 bits per heavy atom. The van der Waals surface area contributed by atoms with E-state index in [0.717, 1.165) is 60.4 Å². The van der Waals surface area contributed by atoms with Crippen molar-refractivity contribution in [2.45, 2.75) is 32.7 Å². The molecule has 2 aliphatic heterocycles. The fourth-order valence-electron chi connectivity index (χ4n) is 4.59. The lowest BCUT2D eigenvalue weighted by Crippen LogP contribution is -2.44. The maximum atomic E-state index is 13.4. The second kappa shape index (κ2) is 10.1. The fraction of sp³-hybridized carbons (Fsp3) is 0.583. The molecule has 1 atom stereocenters. The summed E-state index contributed by atoms with van der Waals surface area (Å²) in [4.78, 5) is 25.3. The SMILES string of the molecule is CC(C)N1CCC[C@H](CN(C)C(=O)c2cc(-c3cccnc3)c(N3CCOCC3)s2)C1. The smallest absolute Gasteiger partial charge is 0.263 e. The minimum absolute atomic E-state index is 0.122. The molecular formula is C24H34N4O2S. The predicted octanol–water partition coefficient (Wildman–Crippen LogP) is 3.84. The molecule has 0 radical (unpaired) electrons. The summed E-state index contributed by atoms with van der Waals surface area (Å²) in [6.45, 7) is 10.7. The van der Waals surface area contributed by atoms with Gasteiger partial charge in [0.05, 0.1) is 23.1 Å². The number of amides is 1. The highest BCUT2D eigenvalue weighted by Gasteiger charge is 2.27. The Labute approximate surface area is 189 Å². The molecule has 2 aromatic rings. The van der Waals surface area contributed by atoms with Crippen molar-refractivity contribution in [3.8, 4) is 11.1 Å². The molecule has 0 aliphatic carbocycles. The fourth-order valence-corrected chi connectivity index (χ4v) is 5.82. The summed E-state index contributed by atoms with van der Waals surface area (Å²) < 4.78 is 5.54. The molecule has 1 amide bonds. The minimum atomic E-state index is 0.122. The number of anilines is 1. The maximum Gasteiger partial charge on any atom is 0.263 e. The first-order valence-corrected chi connectivity index (χ1v) is 12.2. The van der Waals surface area contributed by atoms with Crippen LogP contribution in [0.25, 0.3) is 11.1 Å². The van der Waals surface area contributed by atoms with Crippen molar-refractivity contribution in [2.24, 2.45) is 5.92 Å². The highest BCUT2D eigenvalue weighted by atomic mass is 32.1. The Kier molecular flexibility index (Phi) is 7.25. The summed E-state index contributed by atoms with van der Waals surface area (Å²) in [5.41, 5.74) is 2.15. The van der Waals surface area contributed by atoms with Gasteiger partial charge >= 0.3 is 0 Å². The van der Waals surface area contributed by atoms with Gasteiger partial charge < -0.3 is 19.4 Å². The van der Waals surface area contributed by atoms with Gasteiger partial charge in [0.2, 0.25) is 0 Å². The third kappa shape index (κ3) is 5.27. The molecule has 0 spiro atoms. The molecule has 4 rings (SSSR count). The van der Waals surface area contributed by atoms with Gasteiger partial charge in [0.25, 0.3) is 5.91 Å². The zero-order valence-corrected chi connectivity index (χ0v) is 19.7. The van der Waals surface area contributed by atoms with Crippen LogP contribution < -0.4 is 4.90 Å². The van der Waals surface area contributed by atoms with Crippen LogP contribution in [0.1, 0.15) is 36.4 Å². The number of pyridine rings is 1. The Morgan fingerprint density at radius 3 is 2.84 bits per heavy atom. The summed E-state index contributed by atoms with van der Waals surface area (Å²) in [7, 11) is 1.95. The van der Waals surface area contributed by atoms with E-state index in [9.17, 15) is 4.79 Å². The lowest BCUT2D eigenvalue weighted by molar-refractivity contribution is 0.0713. The number of ether oxygens (including phenoxy) is 1. The van der Waals surface area contributed by atoms with E-state index in [4.69, 9.17) is 4.74 Å². The van der Waals surface area contributed by atoms with Crippen molar-refractivity contribution in [3.05, 3.63) is 35.5 Å². The minimum Gasteiger partial charge on any atom is -0.378 e. The number of thiophene rings is 1. The number of hydrogen-bond donors (Lipinski definition) is 0. The largest absolute Gasteiger partial charge is 0.378 e. The van der Waals surface area contributed by atoms with Crippen molar-refractivity contribution in [1.82, 2.24) is 14.8 Å². The highest BCUT2D eigenvalue weighted by molar-refractivity contribution is 7.18. The topological polar surface area (TPSA) is 48.9 Å². The van der Waals surface area contributed by atoms with Gasteiger partial charge in [-0.15, -0.1) is 11.3 Å². The standard InChI is InChI=1S/C24H34N4O2S/c1-18(2)28-9-5-6-19(17-28)16-26(3)23(29)22-14-21(20-7-4-8-25-15-20)24(31-22)27-10-12-30-13-11-27/h4,7-8,14-15,18-19H,5-6,9-13,16-17H2,1-3H3/t19-/m1/s1. The molecule has 31 heavy (non-hydrogen) atoms. The average Bonchev–Trinajstić information content (AvgIpc) is 3.25. The van der Waals surface area contributed by atoms with Crippen LogP contribution >= 0.6 is 11.3 Å². The number of carbonyl (C=O) groups excluding carboxylic acids is 1. The lowest BCUT2D eigenvalue weighted by Gasteiger charge is -2.36. The van der Waals surface area contributed by atoms with Crippen molar-refractivity contribution >= 4 is 22.2 Å². The van der Waals surface area contributed by atoms with Gasteiger partial charge in [-0.3, -0.25) is 9.78 Å². The second-order valence-corrected chi connectivity index (χ2v) is 9.98. The van der Waals surface area contributed by atoms with Crippen LogP contribution in [0.5, 0.6) is 0 Å². The van der Waals surface area contributed by atoms with Crippen LogP contribution in [-0.4, -0.2) is 79.7 Å². The number of nitrogens with zero attached hydrogens (tertiary/aromatic N) is 4. The van der Waals surface area contributed by atoms with Gasteiger partial charge in [0.1, 0.15) is 0 Å². The molecule has 7 heteroatoms. The summed E-state index contributed by atoms with van der Waals surface area (Å²) in [5.74, 6) is 0.665. The molecule has 0 N–H and O–H groups in total. The number of aromatic nitrogens is 1. The van der Waals surface area contributed by atoms with Gasteiger partial charge in [-0.25, -0.2) is 0 Å². The molecule has 0 aromatic carbocycles. The average molecular weight is 443 g/mol. The van der Waals surface area contributed by atoms with Crippen LogP contribution in [0.2, 0.25) is 0 Å². The molecule has 2 aromatic heterocycles. The molecular weight excluding hydrogens is 408 g/mol. The number of piperidine rings is 1. The molecule has 2 saturated heterocycles. The number of morpholine rings is 1. The van der Waals surface area contributed by atoms with Crippen molar-refractivity contribution < 1.29 is 9.53 Å². The Bertz CT molecular complexity index is 864. The van der Waals surface area contributed by atoms with E-state index in [1.54, 1.807) is 17.5 Å². The zero-order chi connectivity index (χ0) is 21.8. The molecule has 0 bridgehead atoms. The van der Waals surface area contributed by atoms with Gasteiger partial charge in [0, 0.05) is 62.8 Å². The summed E-state index contributed by atoms with van der Waals surface area (Å²) in [6.07, 6.45) is 6.09. The molecule has 168 valence electrons. The normalized spacial score (nSPS) is 20.3. The van der Waals surface area contributed by atoms with E-state index in [0.29, 0.717) is 12.0 Å². The lowest BCUT2D eigenvalue weighted by atomic mass is 9.96. The quantitative estimate of drug-likeness (QED) is 0.680. The van der Waals surface area contributed by atoms with Gasteiger partial charge in [-0.05, 0) is 51.3 Å². The second-order valence-electron chi connectivity index (χ2n) is 8.95. The monoisotopic (exact) mass is 442 g/mol. The molecule has 0 unspecified atom stereocenters. The van der Waals surface area contributed by atoms with Crippen molar-refractivity contribution in [1.29, 1.82) is 0 Å². The van der Waals surface area contributed by atoms with E-state index >= 15 is 0 Å². The van der Waals surface area contributed by atoms with E-state index in [-0.39, 0.29) is 5.91 Å². The molecule has 4 heterocycles. The van der Waals surface area contributed by atoms with Gasteiger partial charge in [0.15, 0.2) is 0 Å². The van der Waals surface area contributed by atoms with Crippen molar-refractivity contribution in [3.63, 3.8) is 0 Å².